The Hall–Kier alpha value is -5.90. The number of likely N-dealkylation sites (N-methyl/N-ethyl adjacent to an activating group) is 1. The number of nitrogens with one attached hydrogen (secondary N) is 3. The molecule has 15 nitrogen and oxygen atoms in total. The number of rotatable bonds is 11. The van der Waals surface area contributed by atoms with Gasteiger partial charge in [0.2, 0.25) is 17.7 Å². The summed E-state index contributed by atoms with van der Waals surface area (Å²) in [6, 6.07) is 27.5. The number of anilines is 2. The van der Waals surface area contributed by atoms with Crippen LogP contribution in [0.4, 0.5) is 11.6 Å². The van der Waals surface area contributed by atoms with E-state index in [1.807, 2.05) is 52.2 Å². The number of aromatic nitrogens is 2. The van der Waals surface area contributed by atoms with Crippen LogP contribution in [-0.4, -0.2) is 113 Å². The molecule has 0 saturated carbocycles. The normalized spacial score (nSPS) is 23.2. The molecule has 6 atom stereocenters. The molecule has 4 aliphatic heterocycles. The van der Waals surface area contributed by atoms with Gasteiger partial charge in [0.1, 0.15) is 17.7 Å². The van der Waals surface area contributed by atoms with Crippen LogP contribution in [-0.2, 0) is 37.0 Å². The van der Waals surface area contributed by atoms with Crippen molar-refractivity contribution in [3.05, 3.63) is 119 Å². The summed E-state index contributed by atoms with van der Waals surface area (Å²) < 4.78 is 5.09. The van der Waals surface area contributed by atoms with Gasteiger partial charge in [-0.25, -0.2) is 9.97 Å². The standard InChI is InChI=1S/C24H31N5O2.C13H17NO2.C11H16N4O/c1-16-19(8-9-22(25)27-16)15-26-23(30)20-11-13-29(20)24(31)21-14-18(10-12-28(21)2)17-6-4-3-5-7-17;1-14-8-7-12(9-13(14)16-10-15)11-5-3-2-4-6-11;1-7-8(2-3-10(12)15-7)6-14-11(16)9-4-5-13-9/h3-9,18,20-21H,10-15H2,1-2H3,(H2,25,27)(H,26,30);2-6,10,12-13H,7-9H2,1H3;2-3,9,13H,4-6H2,1H3,(H2,12,15)(H,14,16)/t18-,20-,21+;12-,13-;9-/m000/s1. The third kappa shape index (κ3) is 12.6. The Kier molecular flexibility index (Phi) is 16.6. The summed E-state index contributed by atoms with van der Waals surface area (Å²) in [6.07, 6.45) is 5.40. The number of amides is 3. The minimum Gasteiger partial charge on any atom is -0.449 e. The lowest BCUT2D eigenvalue weighted by Crippen LogP contribution is -2.62. The number of aryl methyl sites for hydroxylation is 2. The second-order valence-corrected chi connectivity index (χ2v) is 17.0. The Morgan fingerprint density at radius 2 is 1.22 bits per heavy atom. The van der Waals surface area contributed by atoms with Crippen LogP contribution >= 0.6 is 0 Å². The maximum absolute atomic E-state index is 13.3. The van der Waals surface area contributed by atoms with Crippen molar-refractivity contribution >= 4 is 35.8 Å². The van der Waals surface area contributed by atoms with Gasteiger partial charge in [-0.15, -0.1) is 0 Å². The number of ether oxygens (including phenoxy) is 1. The third-order valence-electron chi connectivity index (χ3n) is 12.8. The predicted molar refractivity (Wildman–Crippen MR) is 244 cm³/mol. The summed E-state index contributed by atoms with van der Waals surface area (Å²) in [5.74, 6) is 1.88. The van der Waals surface area contributed by atoms with Crippen LogP contribution in [0.1, 0.15) is 84.0 Å². The average Bonchev–Trinajstić information content (AvgIpc) is 3.24. The van der Waals surface area contributed by atoms with E-state index in [9.17, 15) is 19.2 Å². The number of nitrogens with zero attached hydrogens (tertiary/aromatic N) is 5. The summed E-state index contributed by atoms with van der Waals surface area (Å²) in [6.45, 7) is 8.63. The first-order valence-corrected chi connectivity index (χ1v) is 22.0. The number of carbonyl (C=O) groups excluding carboxylic acids is 4. The van der Waals surface area contributed by atoms with Gasteiger partial charge in [-0.05, 0) is 119 Å². The molecule has 8 rings (SSSR count). The van der Waals surface area contributed by atoms with E-state index < -0.39 is 0 Å². The summed E-state index contributed by atoms with van der Waals surface area (Å²) in [5, 5.41) is 8.90. The quantitative estimate of drug-likeness (QED) is 0.136. The Morgan fingerprint density at radius 1 is 0.698 bits per heavy atom. The maximum Gasteiger partial charge on any atom is 0.294 e. The zero-order valence-electron chi connectivity index (χ0n) is 37.0. The van der Waals surface area contributed by atoms with Gasteiger partial charge in [-0.3, -0.25) is 29.0 Å². The van der Waals surface area contributed by atoms with Crippen molar-refractivity contribution in [2.75, 3.05) is 51.7 Å². The van der Waals surface area contributed by atoms with Gasteiger partial charge in [-0.1, -0.05) is 72.8 Å². The average molecular weight is 861 g/mol. The van der Waals surface area contributed by atoms with Gasteiger partial charge in [-0.2, -0.15) is 0 Å². The zero-order chi connectivity index (χ0) is 44.9. The molecular weight excluding hydrogens is 797 g/mol. The lowest BCUT2D eigenvalue weighted by molar-refractivity contribution is -0.152. The minimum atomic E-state index is -0.389. The van der Waals surface area contributed by atoms with E-state index in [1.165, 1.54) is 11.1 Å². The van der Waals surface area contributed by atoms with E-state index in [4.69, 9.17) is 16.2 Å². The highest BCUT2D eigenvalue weighted by Crippen LogP contribution is 2.34. The van der Waals surface area contributed by atoms with Crippen LogP contribution in [0.5, 0.6) is 0 Å². The molecule has 0 unspecified atom stereocenters. The zero-order valence-corrected chi connectivity index (χ0v) is 37.0. The predicted octanol–water partition coefficient (Wildman–Crippen LogP) is 4.01. The highest BCUT2D eigenvalue weighted by Gasteiger charge is 2.43. The lowest BCUT2D eigenvalue weighted by atomic mass is 9.84. The first-order chi connectivity index (χ1) is 30.4. The van der Waals surface area contributed by atoms with Crippen LogP contribution in [0, 0.1) is 13.8 Å². The number of nitrogen functional groups attached to an aromatic ring is 2. The number of carbonyl (C=O) groups is 4. The van der Waals surface area contributed by atoms with Crippen molar-refractivity contribution in [1.82, 2.24) is 40.6 Å². The molecule has 0 radical (unpaired) electrons. The molecule has 63 heavy (non-hydrogen) atoms. The van der Waals surface area contributed by atoms with Crippen LogP contribution < -0.4 is 27.4 Å². The van der Waals surface area contributed by atoms with Crippen molar-refractivity contribution in [2.24, 2.45) is 0 Å². The molecule has 6 heterocycles. The fourth-order valence-corrected chi connectivity index (χ4v) is 8.52. The molecule has 2 aromatic heterocycles. The first kappa shape index (κ1) is 46.6. The van der Waals surface area contributed by atoms with Crippen LogP contribution in [0.2, 0.25) is 0 Å². The number of pyridine rings is 2. The van der Waals surface area contributed by atoms with E-state index in [1.54, 1.807) is 17.0 Å². The molecule has 7 N–H and O–H groups in total. The van der Waals surface area contributed by atoms with Crippen molar-refractivity contribution in [1.29, 1.82) is 0 Å². The number of benzene rings is 2. The Morgan fingerprint density at radius 3 is 1.70 bits per heavy atom. The van der Waals surface area contributed by atoms with Crippen LogP contribution in [0.15, 0.2) is 84.9 Å². The molecular formula is C48H64N10O5. The van der Waals surface area contributed by atoms with E-state index in [0.717, 1.165) is 74.3 Å². The molecule has 0 spiro atoms. The highest BCUT2D eigenvalue weighted by molar-refractivity contribution is 5.91. The largest absolute Gasteiger partial charge is 0.449 e. The summed E-state index contributed by atoms with van der Waals surface area (Å²) in [7, 11) is 4.00. The monoisotopic (exact) mass is 861 g/mol. The molecule has 4 fully saturated rings. The molecule has 0 aliphatic carbocycles. The highest BCUT2D eigenvalue weighted by atomic mass is 16.5. The van der Waals surface area contributed by atoms with Crippen molar-refractivity contribution < 1.29 is 23.9 Å². The molecule has 4 aromatic rings. The Balaban J connectivity index is 0.000000173. The van der Waals surface area contributed by atoms with Crippen molar-refractivity contribution in [2.45, 2.75) is 102 Å². The summed E-state index contributed by atoms with van der Waals surface area (Å²) in [5.41, 5.74) is 17.5. The van der Waals surface area contributed by atoms with E-state index >= 15 is 0 Å². The minimum absolute atomic E-state index is 0.0120. The molecule has 2 aromatic carbocycles. The topological polar surface area (TPSA) is 201 Å². The van der Waals surface area contributed by atoms with Gasteiger partial charge >= 0.3 is 0 Å². The number of piperidine rings is 2. The SMILES string of the molecule is CN1CC[C@H](c2ccccc2)C[C@@H]1OC=O.Cc1nc(N)ccc1CNC(=O)[C@@H]1CCN1.Cc1nc(N)ccc1CNC(=O)[C@@H]1CCN1C(=O)[C@H]1C[C@@H](c2ccccc2)CCN1C. The maximum atomic E-state index is 13.3. The number of hydrogen-bond acceptors (Lipinski definition) is 12. The fourth-order valence-electron chi connectivity index (χ4n) is 8.52. The second kappa shape index (κ2) is 22.5. The Bertz CT molecular complexity index is 2140. The molecule has 4 saturated heterocycles. The van der Waals surface area contributed by atoms with Crippen molar-refractivity contribution in [3.63, 3.8) is 0 Å². The van der Waals surface area contributed by atoms with Gasteiger partial charge in [0.15, 0.2) is 6.23 Å². The van der Waals surface area contributed by atoms with Crippen LogP contribution in [0.3, 0.4) is 0 Å². The van der Waals surface area contributed by atoms with Crippen molar-refractivity contribution in [3.8, 4) is 0 Å². The van der Waals surface area contributed by atoms with Gasteiger partial charge in [0, 0.05) is 44.0 Å². The fraction of sp³-hybridized carbons (Fsp3) is 0.458. The van der Waals surface area contributed by atoms with E-state index in [0.29, 0.717) is 56.0 Å². The number of nitrogens with two attached hydrogens (primary N) is 2. The van der Waals surface area contributed by atoms with Gasteiger partial charge in [0.25, 0.3) is 6.47 Å². The molecule has 3 amide bonds. The van der Waals surface area contributed by atoms with E-state index in [2.05, 4.69) is 84.2 Å². The molecule has 15 heteroatoms. The first-order valence-electron chi connectivity index (χ1n) is 22.0. The third-order valence-corrected chi connectivity index (χ3v) is 12.8. The number of hydrogen-bond donors (Lipinski definition) is 5. The smallest absolute Gasteiger partial charge is 0.294 e. The second-order valence-electron chi connectivity index (χ2n) is 17.0. The van der Waals surface area contributed by atoms with E-state index in [-0.39, 0.29) is 42.1 Å². The number of likely N-dealkylation sites (tertiary alicyclic amines) is 3. The summed E-state index contributed by atoms with van der Waals surface area (Å²) in [4.78, 5) is 62.4. The Labute approximate surface area is 371 Å². The molecule has 4 aliphatic rings. The molecule has 0 bridgehead atoms. The molecule has 336 valence electrons. The van der Waals surface area contributed by atoms with Gasteiger partial charge in [0.05, 0.1) is 12.1 Å². The summed E-state index contributed by atoms with van der Waals surface area (Å²) >= 11 is 0. The lowest BCUT2D eigenvalue weighted by Gasteiger charge is -2.45. The van der Waals surface area contributed by atoms with Crippen LogP contribution in [0.25, 0.3) is 0 Å². The van der Waals surface area contributed by atoms with Gasteiger partial charge < -0.3 is 37.1 Å².